The summed E-state index contributed by atoms with van der Waals surface area (Å²) in [6.07, 6.45) is -0.573. The van der Waals surface area contributed by atoms with Crippen molar-refractivity contribution in [2.45, 2.75) is 47.4 Å². The minimum atomic E-state index is -5.20. The summed E-state index contributed by atoms with van der Waals surface area (Å²) in [5.74, 6) is -2.51. The number of urea groups is 1. The van der Waals surface area contributed by atoms with Crippen LogP contribution in [0.25, 0.3) is 10.8 Å². The molecule has 0 aliphatic carbocycles. The Morgan fingerprint density at radius 1 is 1.00 bits per heavy atom. The van der Waals surface area contributed by atoms with Crippen LogP contribution >= 0.6 is 11.8 Å². The number of carboxylic acid groups (broad SMARTS) is 1. The summed E-state index contributed by atoms with van der Waals surface area (Å²) in [5.41, 5.74) is 4.54. The van der Waals surface area contributed by atoms with Gasteiger partial charge in [0.2, 0.25) is 11.8 Å². The van der Waals surface area contributed by atoms with Crippen molar-refractivity contribution < 1.29 is 41.1 Å². The summed E-state index contributed by atoms with van der Waals surface area (Å²) >= 11 is 1.22. The zero-order chi connectivity index (χ0) is 32.2. The molecule has 5 N–H and O–H groups in total. The van der Waals surface area contributed by atoms with Crippen LogP contribution in [0, 0.1) is 0 Å². The molecule has 3 aromatic carbocycles. The van der Waals surface area contributed by atoms with Crippen LogP contribution in [-0.4, -0.2) is 72.9 Å². The number of aliphatic carboxylic acids is 1. The molecule has 0 bridgehead atoms. The van der Waals surface area contributed by atoms with Gasteiger partial charge in [0.25, 0.3) is 10.0 Å². The predicted molar refractivity (Wildman–Crippen MR) is 161 cm³/mol. The summed E-state index contributed by atoms with van der Waals surface area (Å²) in [6.45, 7) is 3.37. The first kappa shape index (κ1) is 31.1. The van der Waals surface area contributed by atoms with Crippen LogP contribution < -0.4 is 19.5 Å². The molecule has 0 saturated carbocycles. The van der Waals surface area contributed by atoms with Crippen LogP contribution in [0.4, 0.5) is 10.5 Å². The average Bonchev–Trinajstić information content (AvgIpc) is 3.19. The number of thioether (sulfide) groups is 1. The van der Waals surface area contributed by atoms with E-state index in [-0.39, 0.29) is 14.7 Å². The molecule has 2 heterocycles. The lowest BCUT2D eigenvalue weighted by atomic mass is 9.96. The summed E-state index contributed by atoms with van der Waals surface area (Å²) in [4.78, 5) is 50.3. The average molecular weight is 662 g/mol. The monoisotopic (exact) mass is 661 g/mol. The van der Waals surface area contributed by atoms with Crippen molar-refractivity contribution >= 4 is 72.3 Å². The van der Waals surface area contributed by atoms with Crippen molar-refractivity contribution in [1.29, 1.82) is 0 Å². The molecule has 3 aromatic rings. The lowest BCUT2D eigenvalue weighted by Crippen LogP contribution is -2.70. The van der Waals surface area contributed by atoms with E-state index in [1.165, 1.54) is 57.8 Å². The fourth-order valence-electron chi connectivity index (χ4n) is 5.45. The molecule has 232 valence electrons. The first-order valence-electron chi connectivity index (χ1n) is 13.0. The van der Waals surface area contributed by atoms with E-state index in [2.05, 4.69) is 5.32 Å². The molecule has 2 saturated heterocycles. The topological polar surface area (TPSA) is 213 Å². The molecule has 2 fully saturated rings. The van der Waals surface area contributed by atoms with Crippen LogP contribution in [0.2, 0.25) is 0 Å². The van der Waals surface area contributed by atoms with E-state index in [0.717, 1.165) is 6.07 Å². The highest BCUT2D eigenvalue weighted by atomic mass is 32.3. The van der Waals surface area contributed by atoms with Crippen molar-refractivity contribution in [2.75, 3.05) is 3.71 Å². The van der Waals surface area contributed by atoms with Gasteiger partial charge >= 0.3 is 22.2 Å². The Balaban J connectivity index is 1.50. The lowest BCUT2D eigenvalue weighted by molar-refractivity contribution is -0.161. The number of benzene rings is 3. The fraction of sp³-hybridized carbons (Fsp3) is 0.259. The Kier molecular flexibility index (Phi) is 7.75. The van der Waals surface area contributed by atoms with Gasteiger partial charge in [-0.2, -0.15) is 16.8 Å². The number of nitrogens with zero attached hydrogens (tertiary/aromatic N) is 2. The van der Waals surface area contributed by atoms with Crippen LogP contribution in [-0.2, 0) is 41.0 Å². The highest BCUT2D eigenvalue weighted by Gasteiger charge is 2.64. The molecule has 0 radical (unpaired) electrons. The second-order valence-electron chi connectivity index (χ2n) is 10.6. The second-order valence-corrected chi connectivity index (χ2v) is 15.9. The first-order valence-corrected chi connectivity index (χ1v) is 16.8. The number of hydrogen-bond donors (Lipinski definition) is 4. The molecule has 14 nitrogen and oxygen atoms in total. The van der Waals surface area contributed by atoms with Gasteiger partial charge in [-0.15, -0.1) is 15.5 Å². The van der Waals surface area contributed by atoms with Gasteiger partial charge < -0.3 is 21.1 Å². The SMILES string of the molecule is CC1(C)S[C@@H]2C(NC(=O)Cc3ccccc3N(S(=O)(=O)NC(N)=O)S(=O)(=O)c3cccc4ccccc34)C(=O)N2[C@H]1C(=O)O. The Bertz CT molecular complexity index is 1930. The molecule has 5 rings (SSSR count). The third-order valence-electron chi connectivity index (χ3n) is 7.22. The molecule has 0 spiro atoms. The van der Waals surface area contributed by atoms with Crippen LogP contribution in [0.3, 0.4) is 0 Å². The van der Waals surface area contributed by atoms with Crippen molar-refractivity contribution in [1.82, 2.24) is 14.9 Å². The Labute approximate surface area is 256 Å². The quantitative estimate of drug-likeness (QED) is 0.240. The van der Waals surface area contributed by atoms with Gasteiger partial charge in [-0.25, -0.2) is 14.3 Å². The zero-order valence-electron chi connectivity index (χ0n) is 23.2. The third kappa shape index (κ3) is 5.30. The van der Waals surface area contributed by atoms with Crippen molar-refractivity contribution in [2.24, 2.45) is 5.73 Å². The van der Waals surface area contributed by atoms with Crippen molar-refractivity contribution in [3.05, 3.63) is 72.3 Å². The molecule has 4 amide bonds. The van der Waals surface area contributed by atoms with Gasteiger partial charge in [0.1, 0.15) is 17.5 Å². The second kappa shape index (κ2) is 11.0. The van der Waals surface area contributed by atoms with E-state index < -0.39 is 83.3 Å². The highest BCUT2D eigenvalue weighted by Crippen LogP contribution is 2.50. The van der Waals surface area contributed by atoms with Crippen molar-refractivity contribution in [3.8, 4) is 0 Å². The standard InChI is InChI=1S/C27H27N5O9S3/c1-27(2)22(25(35)36)31-23(34)21(24(31)42-27)29-20(33)14-16-9-4-6-12-18(16)32(44(40,41)30-26(28)37)43(38,39)19-13-7-10-15-8-3-5-11-17(15)19/h3-13,21-22,24H,14H2,1-2H3,(H,29,33)(H,35,36)(H3,28,30,37)/t21?,22-,24+/m0/s1. The van der Waals surface area contributed by atoms with Gasteiger partial charge in [-0.1, -0.05) is 54.6 Å². The molecule has 2 aliphatic heterocycles. The number of amides is 4. The first-order chi connectivity index (χ1) is 20.6. The summed E-state index contributed by atoms with van der Waals surface area (Å²) in [6, 6.07) is 12.2. The maximum atomic E-state index is 14.1. The number of nitrogens with one attached hydrogen (secondary N) is 2. The molecule has 17 heteroatoms. The highest BCUT2D eigenvalue weighted by molar-refractivity contribution is 8.09. The normalized spacial score (nSPS) is 20.8. The summed E-state index contributed by atoms with van der Waals surface area (Å²) in [5, 5.41) is 12.3. The third-order valence-corrected chi connectivity index (χ3v) is 12.6. The van der Waals surface area contributed by atoms with Gasteiger partial charge in [0.05, 0.1) is 17.0 Å². The molecular formula is C27H27N5O9S3. The number of anilines is 1. The maximum absolute atomic E-state index is 14.1. The van der Waals surface area contributed by atoms with Gasteiger partial charge in [-0.3, -0.25) is 9.59 Å². The smallest absolute Gasteiger partial charge is 0.341 e. The number of carbonyl (C=O) groups is 4. The Morgan fingerprint density at radius 3 is 2.32 bits per heavy atom. The van der Waals surface area contributed by atoms with E-state index in [9.17, 15) is 41.1 Å². The molecule has 1 unspecified atom stereocenters. The summed E-state index contributed by atoms with van der Waals surface area (Å²) < 4.78 is 55.7. The number of nitrogens with two attached hydrogens (primary N) is 1. The Hall–Kier alpha value is -4.35. The number of β-lactam (4-membered cyclic amide) rings is 1. The Morgan fingerprint density at radius 2 is 1.64 bits per heavy atom. The van der Waals surface area contributed by atoms with Crippen LogP contribution in [0.1, 0.15) is 19.4 Å². The minimum absolute atomic E-state index is 0.0121. The van der Waals surface area contributed by atoms with Crippen LogP contribution in [0.15, 0.2) is 71.6 Å². The van der Waals surface area contributed by atoms with Crippen molar-refractivity contribution in [3.63, 3.8) is 0 Å². The van der Waals surface area contributed by atoms with E-state index in [1.54, 1.807) is 38.1 Å². The molecule has 2 aliphatic rings. The number of carboxylic acids is 1. The molecule has 44 heavy (non-hydrogen) atoms. The minimum Gasteiger partial charge on any atom is -0.480 e. The lowest BCUT2D eigenvalue weighted by Gasteiger charge is -2.43. The van der Waals surface area contributed by atoms with E-state index in [1.807, 2.05) is 0 Å². The zero-order valence-corrected chi connectivity index (χ0v) is 25.6. The number of hydrogen-bond acceptors (Lipinski definition) is 9. The molecular weight excluding hydrogens is 635 g/mol. The number of fused-ring (bicyclic) bond motifs is 2. The maximum Gasteiger partial charge on any atom is 0.341 e. The van der Waals surface area contributed by atoms with E-state index in [0.29, 0.717) is 5.39 Å². The fourth-order valence-corrected chi connectivity index (χ4v) is 10.6. The number of sulfonamides is 1. The molecule has 0 aromatic heterocycles. The number of para-hydroxylation sites is 1. The summed E-state index contributed by atoms with van der Waals surface area (Å²) in [7, 11) is -10.2. The van der Waals surface area contributed by atoms with E-state index >= 15 is 0 Å². The number of primary amides is 1. The molecule has 3 atom stereocenters. The largest absolute Gasteiger partial charge is 0.480 e. The van der Waals surface area contributed by atoms with E-state index in [4.69, 9.17) is 5.73 Å². The van der Waals surface area contributed by atoms with Crippen LogP contribution in [0.5, 0.6) is 0 Å². The predicted octanol–water partition coefficient (Wildman–Crippen LogP) is 1.12. The van der Waals surface area contributed by atoms with Gasteiger partial charge in [-0.05, 0) is 36.9 Å². The number of carbonyl (C=O) groups excluding carboxylic acids is 3. The number of rotatable bonds is 9. The van der Waals surface area contributed by atoms with Gasteiger partial charge in [0.15, 0.2) is 0 Å². The van der Waals surface area contributed by atoms with Gasteiger partial charge in [0, 0.05) is 10.1 Å².